The van der Waals surface area contributed by atoms with Crippen LogP contribution in [-0.2, 0) is 10.0 Å². The average Bonchev–Trinajstić information content (AvgIpc) is 2.72. The number of sulfonamides is 1. The van der Waals surface area contributed by atoms with Crippen molar-refractivity contribution in [2.75, 3.05) is 16.2 Å². The molecule has 0 fully saturated rings. The predicted octanol–water partition coefficient (Wildman–Crippen LogP) is 5.60. The average molecular weight is 467 g/mol. The highest BCUT2D eigenvalue weighted by Gasteiger charge is 2.26. The quantitative estimate of drug-likeness (QED) is 0.513. The van der Waals surface area contributed by atoms with Crippen LogP contribution in [0.5, 0.6) is 0 Å². The molecule has 0 saturated heterocycles. The van der Waals surface area contributed by atoms with Crippen molar-refractivity contribution >= 4 is 50.5 Å². The second kappa shape index (κ2) is 9.04. The van der Waals surface area contributed by atoms with E-state index in [1.165, 1.54) is 22.5 Å². The first-order chi connectivity index (χ1) is 14.2. The molecule has 3 aromatic carbocycles. The molecule has 0 aliphatic carbocycles. The lowest BCUT2D eigenvalue weighted by Crippen LogP contribution is -2.31. The molecule has 3 aromatic rings. The number of halogens is 3. The molecule has 0 aromatic heterocycles. The first-order valence-corrected chi connectivity index (χ1v) is 11.1. The molecule has 9 heteroatoms. The van der Waals surface area contributed by atoms with Gasteiger partial charge in [0.05, 0.1) is 26.2 Å². The van der Waals surface area contributed by atoms with E-state index in [4.69, 9.17) is 23.2 Å². The van der Waals surface area contributed by atoms with Gasteiger partial charge in [0.2, 0.25) is 0 Å². The second-order valence-electron chi connectivity index (χ2n) is 6.23. The standard InChI is InChI=1S/C21H17Cl2FN2O3S/c1-2-26(15-6-4-3-5-7-15)30(28,29)16-9-11-20(24)17(13-16)21(27)25-14-8-10-18(22)19(23)12-14/h3-13H,2H2,1H3,(H,25,27). The summed E-state index contributed by atoms with van der Waals surface area (Å²) in [6.07, 6.45) is 0. The van der Waals surface area contributed by atoms with Gasteiger partial charge in [-0.25, -0.2) is 12.8 Å². The van der Waals surface area contributed by atoms with Crippen molar-refractivity contribution in [1.29, 1.82) is 0 Å². The van der Waals surface area contributed by atoms with Crippen LogP contribution in [0.4, 0.5) is 15.8 Å². The van der Waals surface area contributed by atoms with Crippen LogP contribution in [0, 0.1) is 5.82 Å². The zero-order chi connectivity index (χ0) is 21.9. The Bertz CT molecular complexity index is 1190. The number of amides is 1. The zero-order valence-electron chi connectivity index (χ0n) is 15.8. The molecular weight excluding hydrogens is 450 g/mol. The van der Waals surface area contributed by atoms with Gasteiger partial charge < -0.3 is 5.32 Å². The number of benzene rings is 3. The van der Waals surface area contributed by atoms with E-state index in [-0.39, 0.29) is 16.5 Å². The lowest BCUT2D eigenvalue weighted by atomic mass is 10.2. The number of rotatable bonds is 6. The number of hydrogen-bond acceptors (Lipinski definition) is 3. The Morgan fingerprint density at radius 2 is 1.70 bits per heavy atom. The van der Waals surface area contributed by atoms with Crippen LogP contribution in [0.15, 0.2) is 71.6 Å². The summed E-state index contributed by atoms with van der Waals surface area (Å²) in [5.41, 5.74) is 0.346. The van der Waals surface area contributed by atoms with Crippen LogP contribution in [0.3, 0.4) is 0 Å². The number of anilines is 2. The molecule has 156 valence electrons. The van der Waals surface area contributed by atoms with Gasteiger partial charge in [0.15, 0.2) is 0 Å². The summed E-state index contributed by atoms with van der Waals surface area (Å²) in [4.78, 5) is 12.4. The van der Waals surface area contributed by atoms with E-state index in [1.54, 1.807) is 37.3 Å². The molecule has 0 aliphatic heterocycles. The number of hydrogen-bond donors (Lipinski definition) is 1. The Morgan fingerprint density at radius 3 is 2.33 bits per heavy atom. The Labute approximate surface area is 184 Å². The van der Waals surface area contributed by atoms with Crippen molar-refractivity contribution in [3.8, 4) is 0 Å². The van der Waals surface area contributed by atoms with Crippen LogP contribution in [0.1, 0.15) is 17.3 Å². The van der Waals surface area contributed by atoms with Gasteiger partial charge in [-0.15, -0.1) is 0 Å². The predicted molar refractivity (Wildman–Crippen MR) is 117 cm³/mol. The fourth-order valence-electron chi connectivity index (χ4n) is 2.82. The van der Waals surface area contributed by atoms with Crippen LogP contribution in [0.2, 0.25) is 10.0 Å². The summed E-state index contributed by atoms with van der Waals surface area (Å²) in [5, 5.41) is 3.01. The molecule has 0 heterocycles. The highest BCUT2D eigenvalue weighted by atomic mass is 35.5. The highest BCUT2D eigenvalue weighted by Crippen LogP contribution is 2.27. The van der Waals surface area contributed by atoms with Crippen LogP contribution >= 0.6 is 23.2 Å². The summed E-state index contributed by atoms with van der Waals surface area (Å²) in [7, 11) is -4.01. The first kappa shape index (κ1) is 22.1. The van der Waals surface area contributed by atoms with Crippen molar-refractivity contribution in [3.05, 3.63) is 88.2 Å². The number of carbonyl (C=O) groups is 1. The van der Waals surface area contributed by atoms with Crippen LogP contribution < -0.4 is 9.62 Å². The highest BCUT2D eigenvalue weighted by molar-refractivity contribution is 7.92. The molecule has 0 spiro atoms. The van der Waals surface area contributed by atoms with Gasteiger partial charge in [-0.05, 0) is 55.5 Å². The molecule has 30 heavy (non-hydrogen) atoms. The molecule has 0 atom stereocenters. The second-order valence-corrected chi connectivity index (χ2v) is 8.91. The maximum atomic E-state index is 14.3. The minimum atomic E-state index is -4.01. The zero-order valence-corrected chi connectivity index (χ0v) is 18.1. The normalized spacial score (nSPS) is 11.2. The fourth-order valence-corrected chi connectivity index (χ4v) is 4.62. The molecule has 0 bridgehead atoms. The number of nitrogens with one attached hydrogen (secondary N) is 1. The van der Waals surface area contributed by atoms with E-state index in [0.29, 0.717) is 16.4 Å². The van der Waals surface area contributed by atoms with E-state index in [2.05, 4.69) is 5.32 Å². The molecule has 3 rings (SSSR count). The number of carbonyl (C=O) groups excluding carboxylic acids is 1. The Hall–Kier alpha value is -2.61. The molecule has 0 aliphatic rings. The van der Waals surface area contributed by atoms with Gasteiger partial charge in [0.25, 0.3) is 15.9 Å². The molecule has 0 saturated carbocycles. The SMILES string of the molecule is CCN(c1ccccc1)S(=O)(=O)c1ccc(F)c(C(=O)Nc2ccc(Cl)c(Cl)c2)c1. The van der Waals surface area contributed by atoms with E-state index in [0.717, 1.165) is 18.2 Å². The molecule has 0 unspecified atom stereocenters. The minimum Gasteiger partial charge on any atom is -0.322 e. The lowest BCUT2D eigenvalue weighted by molar-refractivity contribution is 0.102. The Balaban J connectivity index is 1.95. The van der Waals surface area contributed by atoms with Gasteiger partial charge in [-0.1, -0.05) is 41.4 Å². The fraction of sp³-hybridized carbons (Fsp3) is 0.0952. The van der Waals surface area contributed by atoms with Crippen molar-refractivity contribution in [1.82, 2.24) is 0 Å². The minimum absolute atomic E-state index is 0.161. The van der Waals surface area contributed by atoms with Gasteiger partial charge >= 0.3 is 0 Å². The molecule has 1 amide bonds. The van der Waals surface area contributed by atoms with E-state index in [1.807, 2.05) is 0 Å². The summed E-state index contributed by atoms with van der Waals surface area (Å²) in [6, 6.07) is 16.0. The van der Waals surface area contributed by atoms with E-state index >= 15 is 0 Å². The summed E-state index contributed by atoms with van der Waals surface area (Å²) in [6.45, 7) is 1.85. The lowest BCUT2D eigenvalue weighted by Gasteiger charge is -2.23. The van der Waals surface area contributed by atoms with Crippen LogP contribution in [-0.4, -0.2) is 20.9 Å². The number of para-hydroxylation sites is 1. The Kier molecular flexibility index (Phi) is 6.65. The molecular formula is C21H17Cl2FN2O3S. The van der Waals surface area contributed by atoms with Crippen molar-refractivity contribution in [3.63, 3.8) is 0 Å². The molecule has 0 radical (unpaired) electrons. The Morgan fingerprint density at radius 1 is 1.00 bits per heavy atom. The maximum absolute atomic E-state index is 14.3. The topological polar surface area (TPSA) is 66.5 Å². The van der Waals surface area contributed by atoms with Crippen molar-refractivity contribution in [2.45, 2.75) is 11.8 Å². The number of nitrogens with zero attached hydrogens (tertiary/aromatic N) is 1. The maximum Gasteiger partial charge on any atom is 0.264 e. The molecule has 1 N–H and O–H groups in total. The first-order valence-electron chi connectivity index (χ1n) is 8.87. The smallest absolute Gasteiger partial charge is 0.264 e. The van der Waals surface area contributed by atoms with Gasteiger partial charge in [-0.3, -0.25) is 9.10 Å². The third-order valence-corrected chi connectivity index (χ3v) is 6.92. The van der Waals surface area contributed by atoms with E-state index < -0.39 is 27.3 Å². The van der Waals surface area contributed by atoms with E-state index in [9.17, 15) is 17.6 Å². The summed E-state index contributed by atoms with van der Waals surface area (Å²) >= 11 is 11.8. The van der Waals surface area contributed by atoms with Gasteiger partial charge in [0.1, 0.15) is 5.82 Å². The third-order valence-electron chi connectivity index (χ3n) is 4.28. The van der Waals surface area contributed by atoms with Crippen LogP contribution in [0.25, 0.3) is 0 Å². The monoisotopic (exact) mass is 466 g/mol. The van der Waals surface area contributed by atoms with Crippen molar-refractivity contribution in [2.24, 2.45) is 0 Å². The summed E-state index contributed by atoms with van der Waals surface area (Å²) in [5.74, 6) is -1.67. The van der Waals surface area contributed by atoms with Crippen molar-refractivity contribution < 1.29 is 17.6 Å². The van der Waals surface area contributed by atoms with Gasteiger partial charge in [-0.2, -0.15) is 0 Å². The largest absolute Gasteiger partial charge is 0.322 e. The van der Waals surface area contributed by atoms with Gasteiger partial charge in [0, 0.05) is 12.2 Å². The molecule has 5 nitrogen and oxygen atoms in total. The summed E-state index contributed by atoms with van der Waals surface area (Å²) < 4.78 is 41.8. The third kappa shape index (κ3) is 4.59.